The summed E-state index contributed by atoms with van der Waals surface area (Å²) in [5, 5.41) is 2.84. The van der Waals surface area contributed by atoms with E-state index >= 15 is 0 Å². The predicted octanol–water partition coefficient (Wildman–Crippen LogP) is 3.45. The first-order valence-electron chi connectivity index (χ1n) is 7.58. The highest BCUT2D eigenvalue weighted by Crippen LogP contribution is 2.32. The average Bonchev–Trinajstić information content (AvgIpc) is 2.82. The molecule has 0 unspecified atom stereocenters. The molecule has 0 spiro atoms. The lowest BCUT2D eigenvalue weighted by atomic mass is 9.92. The number of urea groups is 1. The number of amides is 3. The van der Waals surface area contributed by atoms with Crippen LogP contribution in [-0.2, 0) is 16.9 Å². The van der Waals surface area contributed by atoms with E-state index in [4.69, 9.17) is 16.3 Å². The summed E-state index contributed by atoms with van der Waals surface area (Å²) in [7, 11) is 1.54. The molecule has 1 heterocycles. The minimum Gasteiger partial charge on any atom is -0.497 e. The van der Waals surface area contributed by atoms with E-state index in [2.05, 4.69) is 5.32 Å². The Labute approximate surface area is 149 Å². The van der Waals surface area contributed by atoms with Crippen molar-refractivity contribution in [2.75, 3.05) is 7.11 Å². The molecule has 1 N–H and O–H groups in total. The average molecular weight is 363 g/mol. The molecule has 1 fully saturated rings. The molecule has 0 radical (unpaired) electrons. The molecule has 3 rings (SSSR count). The van der Waals surface area contributed by atoms with Crippen LogP contribution in [0, 0.1) is 5.82 Å². The van der Waals surface area contributed by atoms with Gasteiger partial charge in [0.15, 0.2) is 0 Å². The van der Waals surface area contributed by atoms with Gasteiger partial charge in [-0.3, -0.25) is 9.69 Å². The number of hydrogen-bond acceptors (Lipinski definition) is 3. The zero-order chi connectivity index (χ0) is 18.2. The SMILES string of the molecule is COc1ccc([C@@]2(C)NC(=O)N(Cc3c(F)cccc3Cl)C2=O)cc1. The second kappa shape index (κ2) is 6.37. The van der Waals surface area contributed by atoms with E-state index in [0.717, 1.165) is 4.90 Å². The van der Waals surface area contributed by atoms with Gasteiger partial charge in [0.05, 0.1) is 13.7 Å². The van der Waals surface area contributed by atoms with Crippen molar-refractivity contribution < 1.29 is 18.7 Å². The molecule has 130 valence electrons. The molecule has 3 amide bonds. The number of rotatable bonds is 4. The molecule has 0 aliphatic carbocycles. The number of benzene rings is 2. The number of carbonyl (C=O) groups excluding carboxylic acids is 2. The van der Waals surface area contributed by atoms with Gasteiger partial charge in [-0.05, 0) is 36.8 Å². The molecular formula is C18H16ClFN2O3. The van der Waals surface area contributed by atoms with Crippen LogP contribution in [0.3, 0.4) is 0 Å². The molecule has 25 heavy (non-hydrogen) atoms. The molecule has 7 heteroatoms. The Balaban J connectivity index is 1.91. The van der Waals surface area contributed by atoms with Crippen molar-refractivity contribution in [1.82, 2.24) is 10.2 Å². The molecule has 0 bridgehead atoms. The summed E-state index contributed by atoms with van der Waals surface area (Å²) >= 11 is 6.00. The van der Waals surface area contributed by atoms with Crippen molar-refractivity contribution in [3.8, 4) is 5.75 Å². The summed E-state index contributed by atoms with van der Waals surface area (Å²) in [5.74, 6) is -0.396. The Kier molecular flexibility index (Phi) is 4.39. The van der Waals surface area contributed by atoms with Gasteiger partial charge in [0.25, 0.3) is 5.91 Å². The fourth-order valence-corrected chi connectivity index (χ4v) is 3.02. The summed E-state index contributed by atoms with van der Waals surface area (Å²) in [5.41, 5.74) is -0.526. The molecule has 1 atom stereocenters. The standard InChI is InChI=1S/C18H16ClFN2O3/c1-18(11-6-8-12(25-2)9-7-11)16(23)22(17(24)21-18)10-13-14(19)4-3-5-15(13)20/h3-9H,10H2,1-2H3,(H,21,24)/t18-/m1/s1. The van der Waals surface area contributed by atoms with Crippen molar-refractivity contribution in [3.63, 3.8) is 0 Å². The van der Waals surface area contributed by atoms with Crippen molar-refractivity contribution in [1.29, 1.82) is 0 Å². The molecule has 2 aromatic rings. The van der Waals surface area contributed by atoms with Gasteiger partial charge in [-0.15, -0.1) is 0 Å². The van der Waals surface area contributed by atoms with Gasteiger partial charge >= 0.3 is 6.03 Å². The molecule has 1 aliphatic heterocycles. The lowest BCUT2D eigenvalue weighted by Gasteiger charge is -2.22. The molecule has 1 aliphatic rings. The third-order valence-electron chi connectivity index (χ3n) is 4.32. The largest absolute Gasteiger partial charge is 0.497 e. The van der Waals surface area contributed by atoms with Gasteiger partial charge in [0.1, 0.15) is 17.1 Å². The number of carbonyl (C=O) groups is 2. The lowest BCUT2D eigenvalue weighted by Crippen LogP contribution is -2.40. The van der Waals surface area contributed by atoms with E-state index in [1.165, 1.54) is 18.2 Å². The summed E-state index contributed by atoms with van der Waals surface area (Å²) in [6.07, 6.45) is 0. The predicted molar refractivity (Wildman–Crippen MR) is 90.8 cm³/mol. The highest BCUT2D eigenvalue weighted by Gasteiger charge is 2.49. The highest BCUT2D eigenvalue weighted by molar-refractivity contribution is 6.31. The molecule has 0 saturated carbocycles. The Morgan fingerprint density at radius 3 is 2.48 bits per heavy atom. The minimum atomic E-state index is -1.24. The third-order valence-corrected chi connectivity index (χ3v) is 4.67. The second-order valence-corrected chi connectivity index (χ2v) is 6.28. The van der Waals surface area contributed by atoms with E-state index in [9.17, 15) is 14.0 Å². The normalized spacial score (nSPS) is 19.9. The molecular weight excluding hydrogens is 347 g/mol. The van der Waals surface area contributed by atoms with Gasteiger partial charge in [-0.25, -0.2) is 9.18 Å². The Morgan fingerprint density at radius 1 is 1.20 bits per heavy atom. The number of imide groups is 1. The summed E-state index contributed by atoms with van der Waals surface area (Å²) in [6.45, 7) is 1.37. The van der Waals surface area contributed by atoms with Crippen LogP contribution in [0.2, 0.25) is 5.02 Å². The van der Waals surface area contributed by atoms with Crippen molar-refractivity contribution in [2.45, 2.75) is 19.0 Å². The van der Waals surface area contributed by atoms with E-state index < -0.39 is 23.3 Å². The minimum absolute atomic E-state index is 0.103. The maximum atomic E-state index is 14.0. The number of nitrogens with zero attached hydrogens (tertiary/aromatic N) is 1. The fraction of sp³-hybridized carbons (Fsp3) is 0.222. The van der Waals surface area contributed by atoms with Gasteiger partial charge in [-0.2, -0.15) is 0 Å². The molecule has 2 aromatic carbocycles. The maximum Gasteiger partial charge on any atom is 0.325 e. The van der Waals surface area contributed by atoms with E-state index in [-0.39, 0.29) is 17.1 Å². The van der Waals surface area contributed by atoms with Crippen LogP contribution >= 0.6 is 11.6 Å². The van der Waals surface area contributed by atoms with Crippen molar-refractivity contribution in [3.05, 3.63) is 64.4 Å². The Hall–Kier alpha value is -2.60. The zero-order valence-electron chi connectivity index (χ0n) is 13.7. The van der Waals surface area contributed by atoms with Gasteiger partial charge in [0, 0.05) is 10.6 Å². The number of ether oxygens (including phenoxy) is 1. The first-order valence-corrected chi connectivity index (χ1v) is 7.96. The molecule has 0 aromatic heterocycles. The van der Waals surface area contributed by atoms with E-state index in [1.54, 1.807) is 38.3 Å². The van der Waals surface area contributed by atoms with Gasteiger partial charge in [-0.1, -0.05) is 29.8 Å². The number of nitrogens with one attached hydrogen (secondary N) is 1. The van der Waals surface area contributed by atoms with E-state index in [0.29, 0.717) is 11.3 Å². The Bertz CT molecular complexity index is 820. The third kappa shape index (κ3) is 2.93. The van der Waals surface area contributed by atoms with Gasteiger partial charge in [0.2, 0.25) is 0 Å². The monoisotopic (exact) mass is 362 g/mol. The van der Waals surface area contributed by atoms with Crippen LogP contribution in [0.1, 0.15) is 18.1 Å². The number of halogens is 2. The summed E-state index contributed by atoms with van der Waals surface area (Å²) in [6, 6.07) is 10.4. The maximum absolute atomic E-state index is 14.0. The smallest absolute Gasteiger partial charge is 0.325 e. The first kappa shape index (κ1) is 17.2. The molecule has 1 saturated heterocycles. The number of hydrogen-bond donors (Lipinski definition) is 1. The van der Waals surface area contributed by atoms with Crippen LogP contribution in [0.15, 0.2) is 42.5 Å². The topological polar surface area (TPSA) is 58.6 Å². The van der Waals surface area contributed by atoms with Crippen LogP contribution in [0.25, 0.3) is 0 Å². The summed E-state index contributed by atoms with van der Waals surface area (Å²) < 4.78 is 19.1. The first-order chi connectivity index (χ1) is 11.9. The Morgan fingerprint density at radius 2 is 1.88 bits per heavy atom. The van der Waals surface area contributed by atoms with Gasteiger partial charge < -0.3 is 10.1 Å². The highest BCUT2D eigenvalue weighted by atomic mass is 35.5. The zero-order valence-corrected chi connectivity index (χ0v) is 14.4. The number of methoxy groups -OCH3 is 1. The van der Waals surface area contributed by atoms with Crippen LogP contribution in [0.4, 0.5) is 9.18 Å². The molecule has 5 nitrogen and oxygen atoms in total. The quantitative estimate of drug-likeness (QED) is 0.847. The van der Waals surface area contributed by atoms with Crippen molar-refractivity contribution >= 4 is 23.5 Å². The van der Waals surface area contributed by atoms with Crippen molar-refractivity contribution in [2.24, 2.45) is 0 Å². The van der Waals surface area contributed by atoms with Crippen LogP contribution in [0.5, 0.6) is 5.75 Å². The van der Waals surface area contributed by atoms with Crippen LogP contribution in [-0.4, -0.2) is 23.9 Å². The van der Waals surface area contributed by atoms with Crippen LogP contribution < -0.4 is 10.1 Å². The van der Waals surface area contributed by atoms with E-state index in [1.807, 2.05) is 0 Å². The second-order valence-electron chi connectivity index (χ2n) is 5.88. The summed E-state index contributed by atoms with van der Waals surface area (Å²) in [4.78, 5) is 26.2. The lowest BCUT2D eigenvalue weighted by molar-refractivity contribution is -0.131. The fourth-order valence-electron chi connectivity index (χ4n) is 2.80.